The summed E-state index contributed by atoms with van der Waals surface area (Å²) >= 11 is 0. The average molecular weight is 248 g/mol. The highest BCUT2D eigenvalue weighted by molar-refractivity contribution is 5.90. The Labute approximate surface area is 107 Å². The van der Waals surface area contributed by atoms with Crippen LogP contribution in [-0.4, -0.2) is 37.0 Å². The molecule has 98 valence electrons. The number of nitrogens with zero attached hydrogens (tertiary/aromatic N) is 1. The number of urea groups is 1. The van der Waals surface area contributed by atoms with Crippen molar-refractivity contribution in [2.24, 2.45) is 4.99 Å². The molecule has 2 amide bonds. The Kier molecular flexibility index (Phi) is 4.39. The number of fused-ring (bicyclic) bond motifs is 1. The lowest BCUT2D eigenvalue weighted by Gasteiger charge is -2.13. The summed E-state index contributed by atoms with van der Waals surface area (Å²) in [5.41, 5.74) is 0. The maximum atomic E-state index is 11.5. The Morgan fingerprint density at radius 3 is 3.00 bits per heavy atom. The van der Waals surface area contributed by atoms with E-state index in [9.17, 15) is 4.79 Å². The molecule has 0 saturated heterocycles. The maximum absolute atomic E-state index is 11.5. The molecule has 3 N–H and O–H groups in total. The minimum absolute atomic E-state index is 0.131. The zero-order chi connectivity index (χ0) is 12.8. The van der Waals surface area contributed by atoms with Gasteiger partial charge in [-0.3, -0.25) is 4.99 Å². The minimum atomic E-state index is -0.131. The van der Waals surface area contributed by atoms with Crippen molar-refractivity contribution in [3.05, 3.63) is 24.3 Å². The number of carbonyl (C=O) groups is 1. The SMILES string of the molecule is CCCCNC(=O)NCC1=NC2C=CC=CC2N1. The molecule has 18 heavy (non-hydrogen) atoms. The monoisotopic (exact) mass is 248 g/mol. The lowest BCUT2D eigenvalue weighted by molar-refractivity contribution is 0.242. The van der Waals surface area contributed by atoms with Gasteiger partial charge in [0.25, 0.3) is 0 Å². The number of amidine groups is 1. The molecule has 2 atom stereocenters. The number of hydrogen-bond donors (Lipinski definition) is 3. The highest BCUT2D eigenvalue weighted by Gasteiger charge is 2.25. The summed E-state index contributed by atoms with van der Waals surface area (Å²) in [6.45, 7) is 3.27. The van der Waals surface area contributed by atoms with Crippen LogP contribution in [0, 0.1) is 0 Å². The summed E-state index contributed by atoms with van der Waals surface area (Å²) in [7, 11) is 0. The van der Waals surface area contributed by atoms with Crippen LogP contribution in [0.5, 0.6) is 0 Å². The van der Waals surface area contributed by atoms with E-state index < -0.39 is 0 Å². The first-order chi connectivity index (χ1) is 8.79. The molecule has 1 aliphatic heterocycles. The van der Waals surface area contributed by atoms with Crippen molar-refractivity contribution < 1.29 is 4.79 Å². The highest BCUT2D eigenvalue weighted by Crippen LogP contribution is 2.13. The molecule has 0 saturated carbocycles. The Morgan fingerprint density at radius 2 is 2.22 bits per heavy atom. The van der Waals surface area contributed by atoms with Crippen LogP contribution >= 0.6 is 0 Å². The molecule has 2 unspecified atom stereocenters. The topological polar surface area (TPSA) is 65.5 Å². The second-order valence-electron chi connectivity index (χ2n) is 4.47. The first-order valence-corrected chi connectivity index (χ1v) is 6.49. The first-order valence-electron chi connectivity index (χ1n) is 6.49. The van der Waals surface area contributed by atoms with E-state index in [1.807, 2.05) is 12.2 Å². The number of allylic oxidation sites excluding steroid dienone is 2. The van der Waals surface area contributed by atoms with Crippen molar-refractivity contribution in [1.29, 1.82) is 0 Å². The molecule has 2 aliphatic rings. The van der Waals surface area contributed by atoms with Gasteiger partial charge in [-0.25, -0.2) is 4.79 Å². The summed E-state index contributed by atoms with van der Waals surface area (Å²) in [5.74, 6) is 0.840. The van der Waals surface area contributed by atoms with Crippen molar-refractivity contribution in [2.75, 3.05) is 13.1 Å². The van der Waals surface area contributed by atoms with Crippen LogP contribution in [0.2, 0.25) is 0 Å². The maximum Gasteiger partial charge on any atom is 0.315 e. The highest BCUT2D eigenvalue weighted by atomic mass is 16.2. The van der Waals surface area contributed by atoms with Crippen molar-refractivity contribution in [3.63, 3.8) is 0 Å². The van der Waals surface area contributed by atoms with Gasteiger partial charge in [0.15, 0.2) is 0 Å². The zero-order valence-electron chi connectivity index (χ0n) is 10.6. The Bertz CT molecular complexity index is 386. The van der Waals surface area contributed by atoms with Crippen molar-refractivity contribution in [1.82, 2.24) is 16.0 Å². The van der Waals surface area contributed by atoms with Crippen LogP contribution in [0.3, 0.4) is 0 Å². The van der Waals surface area contributed by atoms with Crippen LogP contribution in [0.1, 0.15) is 19.8 Å². The van der Waals surface area contributed by atoms with Gasteiger partial charge in [0.05, 0.1) is 18.6 Å². The second-order valence-corrected chi connectivity index (χ2v) is 4.47. The second kappa shape index (κ2) is 6.23. The van der Waals surface area contributed by atoms with Crippen LogP contribution < -0.4 is 16.0 Å². The quantitative estimate of drug-likeness (QED) is 0.634. The van der Waals surface area contributed by atoms with Gasteiger partial charge in [-0.2, -0.15) is 0 Å². The van der Waals surface area contributed by atoms with E-state index in [-0.39, 0.29) is 18.1 Å². The zero-order valence-corrected chi connectivity index (χ0v) is 10.6. The predicted octanol–water partition coefficient (Wildman–Crippen LogP) is 0.951. The fourth-order valence-corrected chi connectivity index (χ4v) is 1.96. The van der Waals surface area contributed by atoms with Crippen LogP contribution in [-0.2, 0) is 0 Å². The van der Waals surface area contributed by atoms with Gasteiger partial charge >= 0.3 is 6.03 Å². The van der Waals surface area contributed by atoms with E-state index in [1.54, 1.807) is 0 Å². The minimum Gasteiger partial charge on any atom is -0.364 e. The Hall–Kier alpha value is -1.78. The number of hydrogen-bond acceptors (Lipinski definition) is 3. The number of carbonyl (C=O) groups excluding carboxylic acids is 1. The molecular formula is C13H20N4O. The fourth-order valence-electron chi connectivity index (χ4n) is 1.96. The largest absolute Gasteiger partial charge is 0.364 e. The molecule has 0 spiro atoms. The number of unbranched alkanes of at least 4 members (excludes halogenated alkanes) is 1. The van der Waals surface area contributed by atoms with Gasteiger partial charge in [0.2, 0.25) is 0 Å². The number of nitrogens with one attached hydrogen (secondary N) is 3. The molecule has 0 aromatic carbocycles. The fraction of sp³-hybridized carbons (Fsp3) is 0.538. The lowest BCUT2D eigenvalue weighted by Crippen LogP contribution is -2.43. The molecule has 0 radical (unpaired) electrons. The van der Waals surface area contributed by atoms with Crippen molar-refractivity contribution in [2.45, 2.75) is 31.8 Å². The summed E-state index contributed by atoms with van der Waals surface area (Å²) in [6, 6.07) is 0.291. The number of rotatable bonds is 5. The first kappa shape index (κ1) is 12.7. The molecule has 1 heterocycles. The van der Waals surface area contributed by atoms with Gasteiger partial charge in [-0.05, 0) is 6.42 Å². The molecule has 0 aromatic heterocycles. The summed E-state index contributed by atoms with van der Waals surface area (Å²) < 4.78 is 0. The van der Waals surface area contributed by atoms with E-state index in [0.29, 0.717) is 6.54 Å². The molecule has 0 bridgehead atoms. The predicted molar refractivity (Wildman–Crippen MR) is 72.7 cm³/mol. The van der Waals surface area contributed by atoms with Gasteiger partial charge in [-0.15, -0.1) is 0 Å². The van der Waals surface area contributed by atoms with E-state index in [2.05, 4.69) is 40.0 Å². The third kappa shape index (κ3) is 3.35. The normalized spacial score (nSPS) is 24.2. The van der Waals surface area contributed by atoms with E-state index >= 15 is 0 Å². The average Bonchev–Trinajstić information content (AvgIpc) is 2.79. The molecule has 5 nitrogen and oxygen atoms in total. The van der Waals surface area contributed by atoms with Crippen LogP contribution in [0.15, 0.2) is 29.3 Å². The lowest BCUT2D eigenvalue weighted by atomic mass is 10.1. The molecule has 5 heteroatoms. The van der Waals surface area contributed by atoms with Gasteiger partial charge in [-0.1, -0.05) is 37.6 Å². The Morgan fingerprint density at radius 1 is 1.39 bits per heavy atom. The van der Waals surface area contributed by atoms with Crippen LogP contribution in [0.25, 0.3) is 0 Å². The van der Waals surface area contributed by atoms with Crippen LogP contribution in [0.4, 0.5) is 4.79 Å². The Balaban J connectivity index is 1.70. The smallest absolute Gasteiger partial charge is 0.315 e. The van der Waals surface area contributed by atoms with Gasteiger partial charge < -0.3 is 16.0 Å². The molecule has 0 fully saturated rings. The third-order valence-corrected chi connectivity index (χ3v) is 2.98. The van der Waals surface area contributed by atoms with E-state index in [4.69, 9.17) is 0 Å². The van der Waals surface area contributed by atoms with E-state index in [1.165, 1.54) is 0 Å². The molecule has 2 rings (SSSR count). The summed E-state index contributed by atoms with van der Waals surface area (Å²) in [6.07, 6.45) is 10.2. The summed E-state index contributed by atoms with van der Waals surface area (Å²) in [4.78, 5) is 16.0. The van der Waals surface area contributed by atoms with Crippen molar-refractivity contribution in [3.8, 4) is 0 Å². The van der Waals surface area contributed by atoms with E-state index in [0.717, 1.165) is 25.2 Å². The van der Waals surface area contributed by atoms with Crippen molar-refractivity contribution >= 4 is 11.9 Å². The summed E-state index contributed by atoms with van der Waals surface area (Å²) in [5, 5.41) is 8.90. The number of aliphatic imine (C=N–C) groups is 1. The molecular weight excluding hydrogens is 228 g/mol. The molecule has 1 aliphatic carbocycles. The van der Waals surface area contributed by atoms with Gasteiger partial charge in [0, 0.05) is 6.54 Å². The standard InChI is InChI=1S/C13H20N4O/c1-2-3-8-14-13(18)15-9-12-16-10-6-4-5-7-11(10)17-12/h4-7,10-11H,2-3,8-9H2,1H3,(H,16,17)(H2,14,15,18). The number of amides is 2. The third-order valence-electron chi connectivity index (χ3n) is 2.98. The molecule has 0 aromatic rings. The van der Waals surface area contributed by atoms with Gasteiger partial charge in [0.1, 0.15) is 5.84 Å².